The van der Waals surface area contributed by atoms with Gasteiger partial charge in [0.25, 0.3) is 0 Å². The Bertz CT molecular complexity index is 803. The van der Waals surface area contributed by atoms with Crippen molar-refractivity contribution in [3.05, 3.63) is 64.5 Å². The Hall–Kier alpha value is -2.54. The summed E-state index contributed by atoms with van der Waals surface area (Å²) in [6.45, 7) is 0. The van der Waals surface area contributed by atoms with Crippen molar-refractivity contribution >= 4 is 21.8 Å². The van der Waals surface area contributed by atoms with E-state index in [0.29, 0.717) is 12.2 Å². The van der Waals surface area contributed by atoms with Crippen LogP contribution in [-0.4, -0.2) is 21.3 Å². The van der Waals surface area contributed by atoms with Gasteiger partial charge in [0.1, 0.15) is 0 Å². The molecule has 6 nitrogen and oxygen atoms in total. The number of hydrogen-bond donors (Lipinski definition) is 1. The van der Waals surface area contributed by atoms with Gasteiger partial charge in [-0.15, -0.1) is 5.10 Å². The summed E-state index contributed by atoms with van der Waals surface area (Å²) in [6.07, 6.45) is 5.46. The topological polar surface area (TPSA) is 94.9 Å². The van der Waals surface area contributed by atoms with Gasteiger partial charge in [0, 0.05) is 27.7 Å². The molecule has 3 aromatic rings. The van der Waals surface area contributed by atoms with E-state index < -0.39 is 5.92 Å². The highest BCUT2D eigenvalue weighted by Crippen LogP contribution is 2.25. The molecule has 0 aliphatic carbocycles. The fourth-order valence-electron chi connectivity index (χ4n) is 2.36. The molecule has 0 bridgehead atoms. The van der Waals surface area contributed by atoms with Gasteiger partial charge in [0.05, 0.1) is 12.1 Å². The Morgan fingerprint density at radius 2 is 2.00 bits per heavy atom. The number of hydrogen-bond acceptors (Lipinski definition) is 5. The Kier molecular flexibility index (Phi) is 4.47. The molecule has 0 unspecified atom stereocenters. The average Bonchev–Trinajstić information content (AvgIpc) is 3.07. The van der Waals surface area contributed by atoms with Crippen LogP contribution in [-0.2, 0) is 11.2 Å². The van der Waals surface area contributed by atoms with Crippen molar-refractivity contribution in [3.8, 4) is 11.3 Å². The number of nitrogens with two attached hydrogens (primary N) is 1. The van der Waals surface area contributed by atoms with E-state index in [9.17, 15) is 4.79 Å². The van der Waals surface area contributed by atoms with E-state index in [1.54, 1.807) is 12.4 Å². The highest BCUT2D eigenvalue weighted by Gasteiger charge is 2.19. The maximum absolute atomic E-state index is 11.9. The molecule has 2 heterocycles. The minimum atomic E-state index is -0.423. The van der Waals surface area contributed by atoms with Crippen LogP contribution in [0.25, 0.3) is 11.3 Å². The molecular weight excluding hydrogens is 360 g/mol. The Morgan fingerprint density at radius 3 is 2.61 bits per heavy atom. The van der Waals surface area contributed by atoms with Crippen molar-refractivity contribution in [1.29, 1.82) is 0 Å². The Balaban J connectivity index is 1.85. The summed E-state index contributed by atoms with van der Waals surface area (Å²) in [5.74, 6) is -0.226. The summed E-state index contributed by atoms with van der Waals surface area (Å²) >= 11 is 3.38. The summed E-state index contributed by atoms with van der Waals surface area (Å²) < 4.78 is 5.88. The first-order chi connectivity index (χ1) is 11.1. The van der Waals surface area contributed by atoms with Crippen molar-refractivity contribution in [2.45, 2.75) is 12.3 Å². The van der Waals surface area contributed by atoms with Crippen molar-refractivity contribution < 1.29 is 9.32 Å². The van der Waals surface area contributed by atoms with Crippen molar-refractivity contribution in [2.75, 3.05) is 0 Å². The third-order valence-corrected chi connectivity index (χ3v) is 3.94. The predicted octanol–water partition coefficient (Wildman–Crippen LogP) is 2.71. The number of carbonyl (C=O) groups is 1. The van der Waals surface area contributed by atoms with Crippen LogP contribution < -0.4 is 5.73 Å². The van der Waals surface area contributed by atoms with Gasteiger partial charge in [-0.25, -0.2) is 0 Å². The number of amides is 1. The third-order valence-electron chi connectivity index (χ3n) is 3.50. The molecule has 2 N–H and O–H groups in total. The highest BCUT2D eigenvalue weighted by atomic mass is 79.9. The second kappa shape index (κ2) is 6.70. The van der Waals surface area contributed by atoms with Crippen LogP contribution in [0.3, 0.4) is 0 Å². The molecule has 2 aromatic heterocycles. The summed E-state index contributed by atoms with van der Waals surface area (Å²) in [4.78, 5) is 16.0. The van der Waals surface area contributed by atoms with Gasteiger partial charge in [-0.3, -0.25) is 9.78 Å². The number of halogens is 1. The van der Waals surface area contributed by atoms with E-state index in [4.69, 9.17) is 10.3 Å². The molecule has 0 fully saturated rings. The van der Waals surface area contributed by atoms with E-state index >= 15 is 0 Å². The van der Waals surface area contributed by atoms with Crippen LogP contribution in [0.15, 0.2) is 57.9 Å². The minimum Gasteiger partial charge on any atom is -0.369 e. The van der Waals surface area contributed by atoms with Crippen molar-refractivity contribution in [1.82, 2.24) is 15.4 Å². The molecule has 0 spiro atoms. The quantitative estimate of drug-likeness (QED) is 0.742. The molecule has 7 heteroatoms. The van der Waals surface area contributed by atoms with Gasteiger partial charge in [-0.2, -0.15) is 0 Å². The number of primary amides is 1. The van der Waals surface area contributed by atoms with Crippen LogP contribution in [0.5, 0.6) is 0 Å². The lowest BCUT2D eigenvalue weighted by atomic mass is 9.91. The maximum atomic E-state index is 11.9. The molecule has 0 radical (unpaired) electrons. The minimum absolute atomic E-state index is 0.376. The SMILES string of the molecule is NC(=O)[C@H](Cc1cncc(Br)c1)c1ccc(-c2cnno2)cc1. The molecule has 116 valence electrons. The van der Waals surface area contributed by atoms with Gasteiger partial charge in [-0.1, -0.05) is 24.3 Å². The average molecular weight is 373 g/mol. The normalized spacial score (nSPS) is 12.0. The number of carbonyl (C=O) groups excluding carboxylic acids is 1. The molecular formula is C16H13BrN4O2. The lowest BCUT2D eigenvalue weighted by Crippen LogP contribution is -2.23. The molecule has 0 aliphatic heterocycles. The Morgan fingerprint density at radius 1 is 1.22 bits per heavy atom. The van der Waals surface area contributed by atoms with Crippen LogP contribution >= 0.6 is 15.9 Å². The summed E-state index contributed by atoms with van der Waals surface area (Å²) in [6, 6.07) is 9.36. The number of nitrogens with zero attached hydrogens (tertiary/aromatic N) is 3. The summed E-state index contributed by atoms with van der Waals surface area (Å²) in [5.41, 5.74) is 8.19. The number of benzene rings is 1. The van der Waals surface area contributed by atoms with Gasteiger partial charge < -0.3 is 10.3 Å². The molecule has 0 saturated heterocycles. The van der Waals surface area contributed by atoms with Crippen molar-refractivity contribution in [3.63, 3.8) is 0 Å². The largest absolute Gasteiger partial charge is 0.369 e. The molecule has 0 aliphatic rings. The zero-order chi connectivity index (χ0) is 16.2. The monoisotopic (exact) mass is 372 g/mol. The first kappa shape index (κ1) is 15.4. The van der Waals surface area contributed by atoms with E-state index in [1.807, 2.05) is 30.3 Å². The van der Waals surface area contributed by atoms with E-state index in [1.165, 1.54) is 6.20 Å². The lowest BCUT2D eigenvalue weighted by Gasteiger charge is -2.14. The van der Waals surface area contributed by atoms with Gasteiger partial charge >= 0.3 is 0 Å². The first-order valence-corrected chi connectivity index (χ1v) is 7.69. The first-order valence-electron chi connectivity index (χ1n) is 6.90. The molecule has 0 saturated carbocycles. The van der Waals surface area contributed by atoms with Crippen LogP contribution in [0.4, 0.5) is 0 Å². The molecule has 1 atom stereocenters. The summed E-state index contributed by atoms with van der Waals surface area (Å²) in [7, 11) is 0. The number of rotatable bonds is 5. The van der Waals surface area contributed by atoms with E-state index in [2.05, 4.69) is 31.3 Å². The maximum Gasteiger partial charge on any atom is 0.225 e. The molecule has 1 aromatic carbocycles. The second-order valence-electron chi connectivity index (χ2n) is 5.07. The van der Waals surface area contributed by atoms with Crippen LogP contribution in [0, 0.1) is 0 Å². The van der Waals surface area contributed by atoms with Crippen LogP contribution in [0.2, 0.25) is 0 Å². The fourth-order valence-corrected chi connectivity index (χ4v) is 2.77. The standard InChI is InChI=1S/C16H13BrN4O2/c17-13-5-10(7-19-8-13)6-14(16(18)22)11-1-3-12(4-2-11)15-9-20-21-23-15/h1-5,7-9,14H,6H2,(H2,18,22)/t14-/m1/s1. The molecule has 1 amide bonds. The van der Waals surface area contributed by atoms with Crippen LogP contribution in [0.1, 0.15) is 17.0 Å². The Labute approximate surface area is 140 Å². The second-order valence-corrected chi connectivity index (χ2v) is 5.99. The molecule has 23 heavy (non-hydrogen) atoms. The van der Waals surface area contributed by atoms with Gasteiger partial charge in [0.15, 0.2) is 5.76 Å². The van der Waals surface area contributed by atoms with Crippen molar-refractivity contribution in [2.24, 2.45) is 5.73 Å². The fraction of sp³-hybridized carbons (Fsp3) is 0.125. The lowest BCUT2D eigenvalue weighted by molar-refractivity contribution is -0.119. The zero-order valence-electron chi connectivity index (χ0n) is 12.0. The van der Waals surface area contributed by atoms with E-state index in [-0.39, 0.29) is 5.91 Å². The summed E-state index contributed by atoms with van der Waals surface area (Å²) in [5, 5.41) is 7.08. The predicted molar refractivity (Wildman–Crippen MR) is 87.3 cm³/mol. The third kappa shape index (κ3) is 3.62. The van der Waals surface area contributed by atoms with Gasteiger partial charge in [0.2, 0.25) is 5.91 Å². The highest BCUT2D eigenvalue weighted by molar-refractivity contribution is 9.10. The van der Waals surface area contributed by atoms with Gasteiger partial charge in [-0.05, 0) is 39.5 Å². The zero-order valence-corrected chi connectivity index (χ0v) is 13.6. The smallest absolute Gasteiger partial charge is 0.225 e. The number of pyridine rings is 1. The number of aromatic nitrogens is 3. The van der Waals surface area contributed by atoms with E-state index in [0.717, 1.165) is 21.2 Å². The molecule has 3 rings (SSSR count).